The summed E-state index contributed by atoms with van der Waals surface area (Å²) in [5.41, 5.74) is 1.20. The van der Waals surface area contributed by atoms with Gasteiger partial charge in [0.15, 0.2) is 0 Å². The second-order valence-corrected chi connectivity index (χ2v) is 4.60. The Morgan fingerprint density at radius 2 is 1.79 bits per heavy atom. The third-order valence-electron chi connectivity index (χ3n) is 3.12. The van der Waals surface area contributed by atoms with Crippen molar-refractivity contribution in [2.24, 2.45) is 0 Å². The molecule has 0 amide bonds. The predicted molar refractivity (Wildman–Crippen MR) is 71.3 cm³/mol. The van der Waals surface area contributed by atoms with Crippen LogP contribution in [0.25, 0.3) is 0 Å². The predicted octanol–water partition coefficient (Wildman–Crippen LogP) is 0.844. The molecule has 1 aromatic carbocycles. The molecule has 108 valence electrons. The zero-order chi connectivity index (χ0) is 14.3. The molecule has 3 N–H and O–H groups in total. The van der Waals surface area contributed by atoms with Crippen LogP contribution in [0.3, 0.4) is 0 Å². The minimum Gasteiger partial charge on any atom is -0.395 e. The van der Waals surface area contributed by atoms with Gasteiger partial charge in [0, 0.05) is 19.6 Å². The maximum absolute atomic E-state index is 13.1. The molecular weight excluding hydrogens is 249 g/mol. The maximum Gasteiger partial charge on any atom is 0.126 e. The number of benzene rings is 1. The molecular formula is C14H22FNO3. The van der Waals surface area contributed by atoms with Crippen LogP contribution in [0.4, 0.5) is 4.39 Å². The van der Waals surface area contributed by atoms with Gasteiger partial charge >= 0.3 is 0 Å². The molecule has 0 fully saturated rings. The molecule has 0 aliphatic rings. The zero-order valence-electron chi connectivity index (χ0n) is 11.2. The summed E-state index contributed by atoms with van der Waals surface area (Å²) in [4.78, 5) is 1.87. The standard InChI is InChI=1S/C14H22FNO3/c1-11-10-12(2-3-13(11)15)14(19)4-5-16(6-8-17)7-9-18/h2-3,10,14,17-19H,4-9H2,1H3. The summed E-state index contributed by atoms with van der Waals surface area (Å²) in [6.07, 6.45) is -0.190. The van der Waals surface area contributed by atoms with Crippen LogP contribution in [0, 0.1) is 12.7 Å². The van der Waals surface area contributed by atoms with Crippen LogP contribution in [0.5, 0.6) is 0 Å². The Morgan fingerprint density at radius 3 is 2.32 bits per heavy atom. The lowest BCUT2D eigenvalue weighted by atomic mass is 10.0. The minimum absolute atomic E-state index is 0.0196. The van der Waals surface area contributed by atoms with Gasteiger partial charge in [0.1, 0.15) is 5.82 Å². The summed E-state index contributed by atoms with van der Waals surface area (Å²) in [6.45, 7) is 3.21. The summed E-state index contributed by atoms with van der Waals surface area (Å²) in [5, 5.41) is 27.8. The van der Waals surface area contributed by atoms with Crippen LogP contribution in [0.2, 0.25) is 0 Å². The molecule has 0 aliphatic carbocycles. The number of aliphatic hydroxyl groups is 3. The van der Waals surface area contributed by atoms with Gasteiger partial charge in [-0.05, 0) is 30.5 Å². The molecule has 0 bridgehead atoms. The van der Waals surface area contributed by atoms with Crippen molar-refractivity contribution in [3.63, 3.8) is 0 Å². The molecule has 0 heterocycles. The lowest BCUT2D eigenvalue weighted by Gasteiger charge is -2.22. The van der Waals surface area contributed by atoms with Crippen molar-refractivity contribution in [2.45, 2.75) is 19.4 Å². The fraction of sp³-hybridized carbons (Fsp3) is 0.571. The second-order valence-electron chi connectivity index (χ2n) is 4.60. The van der Waals surface area contributed by atoms with Crippen molar-refractivity contribution in [1.82, 2.24) is 4.90 Å². The maximum atomic E-state index is 13.1. The monoisotopic (exact) mass is 271 g/mol. The van der Waals surface area contributed by atoms with Crippen LogP contribution in [-0.4, -0.2) is 53.1 Å². The Hall–Kier alpha value is -1.01. The molecule has 19 heavy (non-hydrogen) atoms. The first-order valence-corrected chi connectivity index (χ1v) is 6.46. The molecule has 0 spiro atoms. The second kappa shape index (κ2) is 8.22. The Balaban J connectivity index is 2.53. The molecule has 1 aromatic rings. The van der Waals surface area contributed by atoms with E-state index in [9.17, 15) is 9.50 Å². The van der Waals surface area contributed by atoms with E-state index in [1.807, 2.05) is 4.90 Å². The first-order chi connectivity index (χ1) is 9.08. The van der Waals surface area contributed by atoms with Crippen LogP contribution < -0.4 is 0 Å². The van der Waals surface area contributed by atoms with Crippen LogP contribution in [0.15, 0.2) is 18.2 Å². The number of aliphatic hydroxyl groups excluding tert-OH is 3. The molecule has 0 aliphatic heterocycles. The normalized spacial score (nSPS) is 12.9. The number of hydrogen-bond donors (Lipinski definition) is 3. The third kappa shape index (κ3) is 5.24. The molecule has 0 saturated carbocycles. The zero-order valence-corrected chi connectivity index (χ0v) is 11.2. The number of halogens is 1. The van der Waals surface area contributed by atoms with E-state index >= 15 is 0 Å². The van der Waals surface area contributed by atoms with Crippen molar-refractivity contribution in [3.05, 3.63) is 35.1 Å². The van der Waals surface area contributed by atoms with Crippen molar-refractivity contribution < 1.29 is 19.7 Å². The summed E-state index contributed by atoms with van der Waals surface area (Å²) < 4.78 is 13.1. The van der Waals surface area contributed by atoms with Crippen molar-refractivity contribution >= 4 is 0 Å². The quantitative estimate of drug-likeness (QED) is 0.656. The van der Waals surface area contributed by atoms with E-state index in [1.54, 1.807) is 19.1 Å². The Kier molecular flexibility index (Phi) is 6.94. The summed E-state index contributed by atoms with van der Waals surface area (Å²) in [6, 6.07) is 4.57. The fourth-order valence-corrected chi connectivity index (χ4v) is 1.96. The van der Waals surface area contributed by atoms with E-state index in [1.165, 1.54) is 6.07 Å². The molecule has 0 saturated heterocycles. The van der Waals surface area contributed by atoms with Gasteiger partial charge in [-0.15, -0.1) is 0 Å². The van der Waals surface area contributed by atoms with Gasteiger partial charge in [0.2, 0.25) is 0 Å². The van der Waals surface area contributed by atoms with E-state index in [4.69, 9.17) is 10.2 Å². The average Bonchev–Trinajstić information content (AvgIpc) is 2.39. The van der Waals surface area contributed by atoms with Crippen molar-refractivity contribution in [2.75, 3.05) is 32.8 Å². The third-order valence-corrected chi connectivity index (χ3v) is 3.12. The van der Waals surface area contributed by atoms with Gasteiger partial charge in [-0.3, -0.25) is 4.90 Å². The first-order valence-electron chi connectivity index (χ1n) is 6.46. The highest BCUT2D eigenvalue weighted by molar-refractivity contribution is 5.25. The Labute approximate surface area is 113 Å². The Morgan fingerprint density at radius 1 is 1.16 bits per heavy atom. The van der Waals surface area contributed by atoms with E-state index in [0.717, 1.165) is 0 Å². The number of nitrogens with zero attached hydrogens (tertiary/aromatic N) is 1. The highest BCUT2D eigenvalue weighted by Crippen LogP contribution is 2.19. The van der Waals surface area contributed by atoms with E-state index in [0.29, 0.717) is 37.2 Å². The fourth-order valence-electron chi connectivity index (χ4n) is 1.96. The van der Waals surface area contributed by atoms with E-state index in [2.05, 4.69) is 0 Å². The highest BCUT2D eigenvalue weighted by Gasteiger charge is 2.12. The molecule has 1 atom stereocenters. The van der Waals surface area contributed by atoms with Crippen molar-refractivity contribution in [3.8, 4) is 0 Å². The van der Waals surface area contributed by atoms with Crippen LogP contribution in [0.1, 0.15) is 23.7 Å². The van der Waals surface area contributed by atoms with Crippen molar-refractivity contribution in [1.29, 1.82) is 0 Å². The summed E-state index contributed by atoms with van der Waals surface area (Å²) in [5.74, 6) is -0.280. The topological polar surface area (TPSA) is 63.9 Å². The average molecular weight is 271 g/mol. The molecule has 5 heteroatoms. The van der Waals surface area contributed by atoms with Gasteiger partial charge < -0.3 is 15.3 Å². The molecule has 0 radical (unpaired) electrons. The van der Waals surface area contributed by atoms with Crippen LogP contribution >= 0.6 is 0 Å². The highest BCUT2D eigenvalue weighted by atomic mass is 19.1. The summed E-state index contributed by atoms with van der Waals surface area (Å²) in [7, 11) is 0. The molecule has 1 unspecified atom stereocenters. The van der Waals surface area contributed by atoms with Crippen LogP contribution in [-0.2, 0) is 0 Å². The largest absolute Gasteiger partial charge is 0.395 e. The van der Waals surface area contributed by atoms with E-state index in [-0.39, 0.29) is 19.0 Å². The molecule has 1 rings (SSSR count). The van der Waals surface area contributed by atoms with Gasteiger partial charge in [0.25, 0.3) is 0 Å². The number of rotatable bonds is 8. The number of aryl methyl sites for hydroxylation is 1. The lowest BCUT2D eigenvalue weighted by Crippen LogP contribution is -2.31. The van der Waals surface area contributed by atoms with Gasteiger partial charge in [0.05, 0.1) is 19.3 Å². The first kappa shape index (κ1) is 16.0. The SMILES string of the molecule is Cc1cc(C(O)CCN(CCO)CCO)ccc1F. The molecule has 4 nitrogen and oxygen atoms in total. The lowest BCUT2D eigenvalue weighted by molar-refractivity contribution is 0.118. The van der Waals surface area contributed by atoms with Gasteiger partial charge in [-0.25, -0.2) is 4.39 Å². The summed E-state index contributed by atoms with van der Waals surface area (Å²) >= 11 is 0. The minimum atomic E-state index is -0.667. The Bertz CT molecular complexity index is 381. The van der Waals surface area contributed by atoms with Gasteiger partial charge in [-0.1, -0.05) is 12.1 Å². The van der Waals surface area contributed by atoms with Gasteiger partial charge in [-0.2, -0.15) is 0 Å². The smallest absolute Gasteiger partial charge is 0.126 e. The molecule has 0 aromatic heterocycles. The number of hydrogen-bond acceptors (Lipinski definition) is 4. The van der Waals surface area contributed by atoms with E-state index < -0.39 is 6.10 Å².